The minimum atomic E-state index is -0.961. The smallest absolute Gasteiger partial charge is 0.308 e. The fourth-order valence-electron chi connectivity index (χ4n) is 1.99. The SMILES string of the molecule is CCC(CNC(=O)c1n[nH]c(=O)c2ccccc12)C(=O)O. The highest BCUT2D eigenvalue weighted by molar-refractivity contribution is 6.04. The number of aromatic amines is 1. The van der Waals surface area contributed by atoms with E-state index in [2.05, 4.69) is 15.5 Å². The highest BCUT2D eigenvalue weighted by Crippen LogP contribution is 2.12. The fraction of sp³-hybridized carbons (Fsp3) is 0.286. The molecule has 1 amide bonds. The van der Waals surface area contributed by atoms with Crippen molar-refractivity contribution in [2.45, 2.75) is 13.3 Å². The van der Waals surface area contributed by atoms with E-state index in [9.17, 15) is 14.4 Å². The van der Waals surface area contributed by atoms with Gasteiger partial charge in [-0.2, -0.15) is 5.10 Å². The lowest BCUT2D eigenvalue weighted by Gasteiger charge is -2.11. The van der Waals surface area contributed by atoms with Gasteiger partial charge in [0, 0.05) is 11.9 Å². The van der Waals surface area contributed by atoms with Crippen LogP contribution in [0.15, 0.2) is 29.1 Å². The van der Waals surface area contributed by atoms with Crippen LogP contribution in [0.5, 0.6) is 0 Å². The van der Waals surface area contributed by atoms with E-state index in [4.69, 9.17) is 5.11 Å². The van der Waals surface area contributed by atoms with E-state index >= 15 is 0 Å². The molecule has 0 fully saturated rings. The number of hydrogen-bond donors (Lipinski definition) is 3. The minimum Gasteiger partial charge on any atom is -0.481 e. The van der Waals surface area contributed by atoms with Crippen LogP contribution < -0.4 is 10.9 Å². The summed E-state index contributed by atoms with van der Waals surface area (Å²) >= 11 is 0. The van der Waals surface area contributed by atoms with Gasteiger partial charge < -0.3 is 10.4 Å². The van der Waals surface area contributed by atoms with Gasteiger partial charge in [0.2, 0.25) is 0 Å². The summed E-state index contributed by atoms with van der Waals surface area (Å²) < 4.78 is 0. The molecule has 0 saturated carbocycles. The maximum absolute atomic E-state index is 12.1. The molecule has 0 aliphatic rings. The number of nitrogens with zero attached hydrogens (tertiary/aromatic N) is 1. The average molecular weight is 289 g/mol. The fourth-order valence-corrected chi connectivity index (χ4v) is 1.99. The number of hydrogen-bond acceptors (Lipinski definition) is 4. The molecule has 1 aromatic heterocycles. The molecule has 1 heterocycles. The quantitative estimate of drug-likeness (QED) is 0.752. The number of benzene rings is 1. The topological polar surface area (TPSA) is 112 Å². The lowest BCUT2D eigenvalue weighted by molar-refractivity contribution is -0.141. The molecule has 1 aromatic carbocycles. The summed E-state index contributed by atoms with van der Waals surface area (Å²) in [6.45, 7) is 1.75. The monoisotopic (exact) mass is 289 g/mol. The Morgan fingerprint density at radius 1 is 1.33 bits per heavy atom. The molecule has 3 N–H and O–H groups in total. The Balaban J connectivity index is 2.26. The zero-order valence-corrected chi connectivity index (χ0v) is 11.4. The molecule has 7 heteroatoms. The number of fused-ring (bicyclic) bond motifs is 1. The molecule has 2 aromatic rings. The van der Waals surface area contributed by atoms with Crippen LogP contribution in [-0.2, 0) is 4.79 Å². The van der Waals surface area contributed by atoms with Crippen molar-refractivity contribution in [1.82, 2.24) is 15.5 Å². The second-order valence-electron chi connectivity index (χ2n) is 4.60. The number of amides is 1. The lowest BCUT2D eigenvalue weighted by atomic mass is 10.1. The molecule has 1 unspecified atom stereocenters. The number of carboxylic acids is 1. The summed E-state index contributed by atoms with van der Waals surface area (Å²) in [6.07, 6.45) is 0.412. The van der Waals surface area contributed by atoms with E-state index in [-0.39, 0.29) is 17.8 Å². The number of H-pyrrole nitrogens is 1. The van der Waals surface area contributed by atoms with Crippen molar-refractivity contribution in [3.63, 3.8) is 0 Å². The van der Waals surface area contributed by atoms with Gasteiger partial charge in [-0.25, -0.2) is 5.10 Å². The molecule has 0 spiro atoms. The largest absolute Gasteiger partial charge is 0.481 e. The summed E-state index contributed by atoms with van der Waals surface area (Å²) in [5.74, 6) is -2.12. The third kappa shape index (κ3) is 3.07. The Hall–Kier alpha value is -2.70. The molecule has 110 valence electrons. The van der Waals surface area contributed by atoms with Crippen LogP contribution in [0.2, 0.25) is 0 Å². The van der Waals surface area contributed by atoms with Gasteiger partial charge in [-0.15, -0.1) is 0 Å². The van der Waals surface area contributed by atoms with Gasteiger partial charge in [0.1, 0.15) is 0 Å². The number of aliphatic carboxylic acids is 1. The van der Waals surface area contributed by atoms with Crippen molar-refractivity contribution in [3.05, 3.63) is 40.3 Å². The Morgan fingerprint density at radius 2 is 2.00 bits per heavy atom. The van der Waals surface area contributed by atoms with Crippen molar-refractivity contribution in [1.29, 1.82) is 0 Å². The molecule has 0 bridgehead atoms. The third-order valence-corrected chi connectivity index (χ3v) is 3.26. The molecule has 2 rings (SSSR count). The second kappa shape index (κ2) is 6.17. The predicted molar refractivity (Wildman–Crippen MR) is 76.1 cm³/mol. The number of carbonyl (C=O) groups is 2. The molecule has 0 saturated heterocycles. The van der Waals surface area contributed by atoms with Crippen LogP contribution >= 0.6 is 0 Å². The first-order chi connectivity index (χ1) is 10.0. The Kier molecular flexibility index (Phi) is 4.32. The maximum Gasteiger partial charge on any atom is 0.308 e. The van der Waals surface area contributed by atoms with E-state index in [0.717, 1.165) is 0 Å². The Labute approximate surface area is 120 Å². The minimum absolute atomic E-state index is 0.0137. The van der Waals surface area contributed by atoms with Crippen LogP contribution in [-0.4, -0.2) is 33.7 Å². The van der Waals surface area contributed by atoms with Gasteiger partial charge in [-0.1, -0.05) is 25.1 Å². The molecule has 0 aliphatic carbocycles. The summed E-state index contributed by atoms with van der Waals surface area (Å²) in [5.41, 5.74) is -0.301. The van der Waals surface area contributed by atoms with Crippen LogP contribution in [0.1, 0.15) is 23.8 Å². The molecular weight excluding hydrogens is 274 g/mol. The number of nitrogens with one attached hydrogen (secondary N) is 2. The van der Waals surface area contributed by atoms with Crippen molar-refractivity contribution in [2.75, 3.05) is 6.54 Å². The van der Waals surface area contributed by atoms with Crippen LogP contribution in [0.3, 0.4) is 0 Å². The molecule has 21 heavy (non-hydrogen) atoms. The number of rotatable bonds is 5. The Bertz CT molecular complexity index is 738. The first-order valence-corrected chi connectivity index (χ1v) is 6.53. The van der Waals surface area contributed by atoms with Gasteiger partial charge >= 0.3 is 5.97 Å². The highest BCUT2D eigenvalue weighted by atomic mass is 16.4. The second-order valence-corrected chi connectivity index (χ2v) is 4.60. The van der Waals surface area contributed by atoms with Crippen molar-refractivity contribution in [2.24, 2.45) is 5.92 Å². The van der Waals surface area contributed by atoms with Crippen LogP contribution in [0, 0.1) is 5.92 Å². The zero-order valence-electron chi connectivity index (χ0n) is 11.4. The van der Waals surface area contributed by atoms with E-state index < -0.39 is 17.8 Å². The standard InChI is InChI=1S/C14H15N3O4/c1-2-8(14(20)21)7-15-13(19)11-9-5-3-4-6-10(9)12(18)17-16-11/h3-6,8H,2,7H2,1H3,(H,15,19)(H,17,18)(H,20,21). The van der Waals surface area contributed by atoms with Crippen molar-refractivity contribution in [3.8, 4) is 0 Å². The molecule has 0 radical (unpaired) electrons. The first kappa shape index (κ1) is 14.7. The van der Waals surface area contributed by atoms with Gasteiger partial charge in [-0.05, 0) is 12.5 Å². The van der Waals surface area contributed by atoms with Gasteiger partial charge in [0.05, 0.1) is 11.3 Å². The molecular formula is C14H15N3O4. The maximum atomic E-state index is 12.1. The number of carboxylic acid groups (broad SMARTS) is 1. The van der Waals surface area contributed by atoms with Gasteiger partial charge in [0.25, 0.3) is 11.5 Å². The third-order valence-electron chi connectivity index (χ3n) is 3.26. The molecule has 0 aliphatic heterocycles. The highest BCUT2D eigenvalue weighted by Gasteiger charge is 2.18. The summed E-state index contributed by atoms with van der Waals surface area (Å²) in [4.78, 5) is 34.7. The van der Waals surface area contributed by atoms with Crippen molar-refractivity contribution < 1.29 is 14.7 Å². The van der Waals surface area contributed by atoms with E-state index in [0.29, 0.717) is 17.2 Å². The number of carbonyl (C=O) groups excluding carboxylic acids is 1. The van der Waals surface area contributed by atoms with Gasteiger partial charge in [-0.3, -0.25) is 14.4 Å². The zero-order chi connectivity index (χ0) is 15.4. The Morgan fingerprint density at radius 3 is 2.62 bits per heavy atom. The molecule has 1 atom stereocenters. The molecule has 7 nitrogen and oxygen atoms in total. The lowest BCUT2D eigenvalue weighted by Crippen LogP contribution is -2.33. The summed E-state index contributed by atoms with van der Waals surface area (Å²) in [6, 6.07) is 6.61. The summed E-state index contributed by atoms with van der Waals surface area (Å²) in [5, 5.41) is 18.3. The number of aromatic nitrogens is 2. The first-order valence-electron chi connectivity index (χ1n) is 6.53. The van der Waals surface area contributed by atoms with E-state index in [1.54, 1.807) is 31.2 Å². The van der Waals surface area contributed by atoms with Crippen LogP contribution in [0.25, 0.3) is 10.8 Å². The van der Waals surface area contributed by atoms with E-state index in [1.807, 2.05) is 0 Å². The van der Waals surface area contributed by atoms with Gasteiger partial charge in [0.15, 0.2) is 5.69 Å². The van der Waals surface area contributed by atoms with E-state index in [1.165, 1.54) is 0 Å². The summed E-state index contributed by atoms with van der Waals surface area (Å²) in [7, 11) is 0. The average Bonchev–Trinajstić information content (AvgIpc) is 2.48. The van der Waals surface area contributed by atoms with Crippen LogP contribution in [0.4, 0.5) is 0 Å². The predicted octanol–water partition coefficient (Wildman–Crippen LogP) is 0.764. The van der Waals surface area contributed by atoms with Crippen molar-refractivity contribution >= 4 is 22.6 Å². The normalized spacial score (nSPS) is 12.0.